The van der Waals surface area contributed by atoms with Crippen molar-refractivity contribution in [2.24, 2.45) is 10.9 Å². The van der Waals surface area contributed by atoms with Crippen molar-refractivity contribution >= 4 is 5.96 Å². The summed E-state index contributed by atoms with van der Waals surface area (Å²) in [6, 6.07) is 2.28. The van der Waals surface area contributed by atoms with E-state index < -0.39 is 0 Å². The van der Waals surface area contributed by atoms with Crippen LogP contribution in [0.2, 0.25) is 0 Å². The Labute approximate surface area is 110 Å². The van der Waals surface area contributed by atoms with E-state index in [-0.39, 0.29) is 0 Å². The maximum Gasteiger partial charge on any atom is 0.194 e. The average molecular weight is 247 g/mol. The molecule has 0 spiro atoms. The van der Waals surface area contributed by atoms with E-state index in [1.807, 2.05) is 0 Å². The first-order valence-corrected chi connectivity index (χ1v) is 8.03. The molecule has 2 aliphatic carbocycles. The van der Waals surface area contributed by atoms with Crippen LogP contribution in [-0.4, -0.2) is 35.5 Å². The summed E-state index contributed by atoms with van der Waals surface area (Å²) in [7, 11) is 0. The zero-order chi connectivity index (χ0) is 11.9. The van der Waals surface area contributed by atoms with Crippen LogP contribution in [0.3, 0.4) is 0 Å². The Morgan fingerprint density at radius 3 is 2.56 bits per heavy atom. The Balaban J connectivity index is 1.60. The average Bonchev–Trinajstić information content (AvgIpc) is 3.05. The van der Waals surface area contributed by atoms with Crippen molar-refractivity contribution in [2.45, 2.75) is 75.9 Å². The van der Waals surface area contributed by atoms with Gasteiger partial charge in [0.2, 0.25) is 0 Å². The van der Waals surface area contributed by atoms with E-state index in [0.717, 1.165) is 24.5 Å². The van der Waals surface area contributed by atoms with Crippen molar-refractivity contribution in [1.29, 1.82) is 0 Å². The van der Waals surface area contributed by atoms with Gasteiger partial charge in [-0.2, -0.15) is 0 Å². The second-order valence-corrected chi connectivity index (χ2v) is 6.62. The maximum absolute atomic E-state index is 4.77. The normalized spacial score (nSPS) is 40.1. The molecule has 0 amide bonds. The highest BCUT2D eigenvalue weighted by Gasteiger charge is 2.45. The number of rotatable bonds is 1. The molecule has 3 nitrogen and oxygen atoms in total. The molecule has 100 valence electrons. The minimum Gasteiger partial charge on any atom is -0.351 e. The summed E-state index contributed by atoms with van der Waals surface area (Å²) in [6.45, 7) is 1.06. The molecule has 0 aromatic carbocycles. The molecule has 4 rings (SSSR count). The lowest BCUT2D eigenvalue weighted by molar-refractivity contribution is 0.143. The molecule has 0 aromatic rings. The van der Waals surface area contributed by atoms with Crippen molar-refractivity contribution in [3.63, 3.8) is 0 Å². The van der Waals surface area contributed by atoms with Crippen molar-refractivity contribution in [2.75, 3.05) is 6.54 Å². The molecule has 1 N–H and O–H groups in total. The van der Waals surface area contributed by atoms with Gasteiger partial charge in [0, 0.05) is 18.6 Å². The topological polar surface area (TPSA) is 27.6 Å². The third kappa shape index (κ3) is 1.66. The van der Waals surface area contributed by atoms with E-state index in [4.69, 9.17) is 4.99 Å². The Hall–Kier alpha value is -0.730. The van der Waals surface area contributed by atoms with Crippen molar-refractivity contribution in [1.82, 2.24) is 10.2 Å². The van der Waals surface area contributed by atoms with Crippen LogP contribution >= 0.6 is 0 Å². The van der Waals surface area contributed by atoms with Crippen LogP contribution in [-0.2, 0) is 0 Å². The summed E-state index contributed by atoms with van der Waals surface area (Å²) in [5, 5.41) is 3.72. The second-order valence-electron chi connectivity index (χ2n) is 6.62. The van der Waals surface area contributed by atoms with E-state index in [9.17, 15) is 0 Å². The van der Waals surface area contributed by atoms with Gasteiger partial charge in [-0.3, -0.25) is 4.99 Å². The summed E-state index contributed by atoms with van der Waals surface area (Å²) in [6.07, 6.45) is 12.7. The van der Waals surface area contributed by atoms with Crippen molar-refractivity contribution < 1.29 is 0 Å². The van der Waals surface area contributed by atoms with Crippen LogP contribution in [0.5, 0.6) is 0 Å². The number of fused-ring (bicyclic) bond motifs is 3. The summed E-state index contributed by atoms with van der Waals surface area (Å²) < 4.78 is 0. The summed E-state index contributed by atoms with van der Waals surface area (Å²) in [4.78, 5) is 7.49. The molecule has 3 fully saturated rings. The summed E-state index contributed by atoms with van der Waals surface area (Å²) in [5.41, 5.74) is 0. The predicted molar refractivity (Wildman–Crippen MR) is 73.7 cm³/mol. The van der Waals surface area contributed by atoms with Gasteiger partial charge in [-0.15, -0.1) is 0 Å². The third-order valence-electron chi connectivity index (χ3n) is 5.63. The monoisotopic (exact) mass is 247 g/mol. The van der Waals surface area contributed by atoms with Gasteiger partial charge in [0.05, 0.1) is 6.04 Å². The smallest absolute Gasteiger partial charge is 0.194 e. The number of guanidine groups is 1. The molecule has 18 heavy (non-hydrogen) atoms. The number of hydrogen-bond donors (Lipinski definition) is 1. The molecule has 3 atom stereocenters. The van der Waals surface area contributed by atoms with E-state index in [0.29, 0.717) is 6.04 Å². The molecule has 3 unspecified atom stereocenters. The van der Waals surface area contributed by atoms with Gasteiger partial charge >= 0.3 is 0 Å². The Kier molecular flexibility index (Phi) is 2.74. The Morgan fingerprint density at radius 1 is 0.889 bits per heavy atom. The Morgan fingerprint density at radius 2 is 1.67 bits per heavy atom. The maximum atomic E-state index is 4.77. The number of aliphatic imine (C=N–C) groups is 1. The standard InChI is InChI=1S/C15H25N3/c1-2-6-11(5-1)13-9-10-16-15-17-12-7-3-4-8-14(12)18(13)15/h11-14H,1-10H2,(H,16,17). The lowest BCUT2D eigenvalue weighted by atomic mass is 9.87. The lowest BCUT2D eigenvalue weighted by Crippen LogP contribution is -2.50. The van der Waals surface area contributed by atoms with Gasteiger partial charge in [-0.1, -0.05) is 25.7 Å². The van der Waals surface area contributed by atoms with Crippen molar-refractivity contribution in [3.05, 3.63) is 0 Å². The highest BCUT2D eigenvalue weighted by molar-refractivity contribution is 5.84. The van der Waals surface area contributed by atoms with E-state index in [1.54, 1.807) is 0 Å². The highest BCUT2D eigenvalue weighted by Crippen LogP contribution is 2.38. The van der Waals surface area contributed by atoms with Gasteiger partial charge in [-0.25, -0.2) is 0 Å². The van der Waals surface area contributed by atoms with Gasteiger partial charge < -0.3 is 10.2 Å². The third-order valence-corrected chi connectivity index (χ3v) is 5.63. The van der Waals surface area contributed by atoms with Crippen LogP contribution in [0.15, 0.2) is 4.99 Å². The van der Waals surface area contributed by atoms with E-state index >= 15 is 0 Å². The molecule has 1 saturated heterocycles. The molecule has 4 aliphatic rings. The largest absolute Gasteiger partial charge is 0.351 e. The molecule has 2 aliphatic heterocycles. The van der Waals surface area contributed by atoms with Crippen LogP contribution in [0.1, 0.15) is 57.8 Å². The summed E-state index contributed by atoms with van der Waals surface area (Å²) in [5.74, 6) is 2.22. The van der Waals surface area contributed by atoms with Gasteiger partial charge in [-0.05, 0) is 38.0 Å². The SMILES string of the molecule is C1CCC(C2CCN=C3NC4CCCCC4N32)C1. The molecule has 2 heterocycles. The Bertz CT molecular complexity index is 346. The molecule has 3 heteroatoms. The van der Waals surface area contributed by atoms with Gasteiger partial charge in [0.15, 0.2) is 5.96 Å². The first-order valence-electron chi connectivity index (χ1n) is 8.03. The molecule has 0 aromatic heterocycles. The van der Waals surface area contributed by atoms with Gasteiger partial charge in [0.1, 0.15) is 0 Å². The fraction of sp³-hybridized carbons (Fsp3) is 0.933. The molecule has 2 saturated carbocycles. The molecular formula is C15H25N3. The second kappa shape index (κ2) is 4.43. The number of nitrogens with one attached hydrogen (secondary N) is 1. The minimum atomic E-state index is 0.708. The van der Waals surface area contributed by atoms with Crippen molar-refractivity contribution in [3.8, 4) is 0 Å². The fourth-order valence-corrected chi connectivity index (χ4v) is 4.79. The zero-order valence-corrected chi connectivity index (χ0v) is 11.3. The van der Waals surface area contributed by atoms with Crippen LogP contribution in [0.4, 0.5) is 0 Å². The lowest BCUT2D eigenvalue weighted by Gasteiger charge is -2.41. The van der Waals surface area contributed by atoms with E-state index in [1.165, 1.54) is 63.7 Å². The summed E-state index contributed by atoms with van der Waals surface area (Å²) >= 11 is 0. The van der Waals surface area contributed by atoms with E-state index in [2.05, 4.69) is 10.2 Å². The van der Waals surface area contributed by atoms with Crippen LogP contribution in [0, 0.1) is 5.92 Å². The highest BCUT2D eigenvalue weighted by atomic mass is 15.4. The number of hydrogen-bond acceptors (Lipinski definition) is 3. The zero-order valence-electron chi connectivity index (χ0n) is 11.3. The minimum absolute atomic E-state index is 0.708. The predicted octanol–water partition coefficient (Wildman–Crippen LogP) is 2.52. The van der Waals surface area contributed by atoms with Crippen LogP contribution in [0.25, 0.3) is 0 Å². The van der Waals surface area contributed by atoms with Gasteiger partial charge in [0.25, 0.3) is 0 Å². The first-order chi connectivity index (χ1) is 8.93. The van der Waals surface area contributed by atoms with Crippen LogP contribution < -0.4 is 5.32 Å². The fourth-order valence-electron chi connectivity index (χ4n) is 4.79. The quantitative estimate of drug-likeness (QED) is 0.771. The molecule has 0 radical (unpaired) electrons. The first kappa shape index (κ1) is 11.1. The molecular weight excluding hydrogens is 222 g/mol. The number of nitrogens with zero attached hydrogens (tertiary/aromatic N) is 2. The molecule has 0 bridgehead atoms.